The summed E-state index contributed by atoms with van der Waals surface area (Å²) in [6, 6.07) is 9.92. The van der Waals surface area contributed by atoms with Crippen LogP contribution in [0.5, 0.6) is 0 Å². The van der Waals surface area contributed by atoms with Gasteiger partial charge in [-0.15, -0.1) is 0 Å². The summed E-state index contributed by atoms with van der Waals surface area (Å²) in [5.41, 5.74) is 10.9. The molecule has 1 aliphatic rings. The number of nitrogens with one attached hydrogen (secondary N) is 1. The first-order valence-corrected chi connectivity index (χ1v) is 8.79. The third-order valence-corrected chi connectivity index (χ3v) is 4.97. The molecule has 134 valence electrons. The third-order valence-electron chi connectivity index (χ3n) is 4.97. The number of hydrogen-bond acceptors (Lipinski definition) is 5. The Morgan fingerprint density at radius 1 is 1.22 bits per heavy atom. The van der Waals surface area contributed by atoms with Gasteiger partial charge in [0.1, 0.15) is 5.82 Å². The van der Waals surface area contributed by atoms with Crippen LogP contribution < -0.4 is 11.1 Å². The highest BCUT2D eigenvalue weighted by Gasteiger charge is 2.43. The predicted molar refractivity (Wildman–Crippen MR) is 105 cm³/mol. The van der Waals surface area contributed by atoms with E-state index in [9.17, 15) is 4.79 Å². The molecule has 0 radical (unpaired) electrons. The number of nitrogens with two attached hydrogens (primary N) is 1. The van der Waals surface area contributed by atoms with E-state index in [2.05, 4.69) is 21.4 Å². The zero-order valence-corrected chi connectivity index (χ0v) is 15.2. The van der Waals surface area contributed by atoms with Gasteiger partial charge in [-0.1, -0.05) is 0 Å². The summed E-state index contributed by atoms with van der Waals surface area (Å²) < 4.78 is 0. The van der Waals surface area contributed by atoms with Crippen molar-refractivity contribution in [3.8, 4) is 17.2 Å². The van der Waals surface area contributed by atoms with E-state index >= 15 is 0 Å². The normalized spacial score (nSPS) is 18.1. The number of nitrogens with zero attached hydrogens (tertiary/aromatic N) is 3. The Morgan fingerprint density at radius 2 is 2.04 bits per heavy atom. The number of aryl methyl sites for hydroxylation is 2. The molecule has 4 rings (SSSR count). The average molecular weight is 357 g/mol. The van der Waals surface area contributed by atoms with Crippen LogP contribution in [0.15, 0.2) is 36.7 Å². The second-order valence-corrected chi connectivity index (χ2v) is 7.06. The van der Waals surface area contributed by atoms with Crippen molar-refractivity contribution in [1.29, 1.82) is 5.26 Å². The fourth-order valence-electron chi connectivity index (χ4n) is 3.36. The molecule has 0 aliphatic heterocycles. The second kappa shape index (κ2) is 6.36. The van der Waals surface area contributed by atoms with Crippen molar-refractivity contribution in [2.24, 2.45) is 11.8 Å². The Bertz CT molecular complexity index is 1120. The van der Waals surface area contributed by atoms with Crippen LogP contribution in [0.25, 0.3) is 21.9 Å². The van der Waals surface area contributed by atoms with Crippen molar-refractivity contribution in [1.82, 2.24) is 9.97 Å². The van der Waals surface area contributed by atoms with Crippen LogP contribution >= 0.6 is 0 Å². The van der Waals surface area contributed by atoms with E-state index in [-0.39, 0.29) is 17.7 Å². The van der Waals surface area contributed by atoms with Gasteiger partial charge in [-0.05, 0) is 61.0 Å². The fraction of sp³-hybridized carbons (Fsp3) is 0.238. The molecule has 1 fully saturated rings. The fourth-order valence-corrected chi connectivity index (χ4v) is 3.36. The van der Waals surface area contributed by atoms with Gasteiger partial charge in [-0.3, -0.25) is 9.78 Å². The molecular weight excluding hydrogens is 338 g/mol. The van der Waals surface area contributed by atoms with E-state index in [1.54, 1.807) is 6.20 Å². The van der Waals surface area contributed by atoms with E-state index in [0.717, 1.165) is 33.2 Å². The SMILES string of the molecule is Cc1cc(C)c(-c2cc(N)c3cnc(NC(=O)[C@H]4C[C@@H]4C#N)cc3c2)cn1. The van der Waals surface area contributed by atoms with E-state index in [4.69, 9.17) is 11.0 Å². The summed E-state index contributed by atoms with van der Waals surface area (Å²) in [6.07, 6.45) is 4.13. The van der Waals surface area contributed by atoms with Crippen LogP contribution in [0.4, 0.5) is 11.5 Å². The molecule has 27 heavy (non-hydrogen) atoms. The summed E-state index contributed by atoms with van der Waals surface area (Å²) in [4.78, 5) is 20.9. The summed E-state index contributed by atoms with van der Waals surface area (Å²) in [7, 11) is 0. The lowest BCUT2D eigenvalue weighted by Gasteiger charge is -2.11. The van der Waals surface area contributed by atoms with Gasteiger partial charge in [0.15, 0.2) is 0 Å². The van der Waals surface area contributed by atoms with Gasteiger partial charge >= 0.3 is 0 Å². The van der Waals surface area contributed by atoms with E-state index < -0.39 is 0 Å². The van der Waals surface area contributed by atoms with Crippen molar-refractivity contribution in [2.75, 3.05) is 11.1 Å². The Hall–Kier alpha value is -3.46. The van der Waals surface area contributed by atoms with Gasteiger partial charge in [0.25, 0.3) is 0 Å². The number of rotatable bonds is 3. The largest absolute Gasteiger partial charge is 0.398 e. The maximum atomic E-state index is 12.2. The number of nitriles is 1. The Labute approximate surface area is 157 Å². The van der Waals surface area contributed by atoms with Crippen LogP contribution in [0.3, 0.4) is 0 Å². The molecule has 2 atom stereocenters. The number of amides is 1. The van der Waals surface area contributed by atoms with Crippen molar-refractivity contribution in [2.45, 2.75) is 20.3 Å². The number of benzene rings is 1. The lowest BCUT2D eigenvalue weighted by Crippen LogP contribution is -2.15. The lowest BCUT2D eigenvalue weighted by atomic mass is 9.98. The standard InChI is InChI=1S/C21H19N5O/c1-11-3-12(2)24-9-17(11)13-4-14-7-20(25-10-18(14)19(23)6-13)26-21(27)16-5-15(16)8-22/h3-4,6-7,9-10,15-16H,5,23H2,1-2H3,(H,25,26,27)/t15-,16+/m1/s1. The number of carbonyl (C=O) groups excluding carboxylic acids is 1. The summed E-state index contributed by atoms with van der Waals surface area (Å²) in [5.74, 6) is -0.0996. The Kier molecular flexibility index (Phi) is 4.00. The molecule has 0 unspecified atom stereocenters. The number of anilines is 2. The molecule has 1 aromatic carbocycles. The summed E-state index contributed by atoms with van der Waals surface area (Å²) >= 11 is 0. The minimum absolute atomic E-state index is 0.156. The number of nitrogen functional groups attached to an aromatic ring is 1. The van der Waals surface area contributed by atoms with Crippen LogP contribution in [0.2, 0.25) is 0 Å². The van der Waals surface area contributed by atoms with Crippen molar-refractivity contribution < 1.29 is 4.79 Å². The molecule has 6 nitrogen and oxygen atoms in total. The number of carbonyl (C=O) groups is 1. The molecular formula is C21H19N5O. The molecule has 3 aromatic rings. The number of fused-ring (bicyclic) bond motifs is 1. The average Bonchev–Trinajstić information content (AvgIpc) is 3.41. The van der Waals surface area contributed by atoms with Crippen molar-refractivity contribution >= 4 is 28.2 Å². The van der Waals surface area contributed by atoms with E-state index in [1.807, 2.05) is 44.3 Å². The first-order valence-electron chi connectivity index (χ1n) is 8.79. The van der Waals surface area contributed by atoms with Gasteiger partial charge in [-0.2, -0.15) is 5.26 Å². The van der Waals surface area contributed by atoms with Gasteiger partial charge in [0.2, 0.25) is 5.91 Å². The minimum Gasteiger partial charge on any atom is -0.398 e. The van der Waals surface area contributed by atoms with Crippen LogP contribution in [0.1, 0.15) is 17.7 Å². The summed E-state index contributed by atoms with van der Waals surface area (Å²) in [5, 5.41) is 13.4. The highest BCUT2D eigenvalue weighted by molar-refractivity contribution is 6.00. The number of pyridine rings is 2. The topological polar surface area (TPSA) is 105 Å². The smallest absolute Gasteiger partial charge is 0.230 e. The van der Waals surface area contributed by atoms with E-state index in [0.29, 0.717) is 17.9 Å². The molecule has 2 heterocycles. The minimum atomic E-state index is -0.231. The highest BCUT2D eigenvalue weighted by Crippen LogP contribution is 2.38. The van der Waals surface area contributed by atoms with Gasteiger partial charge in [-0.25, -0.2) is 4.98 Å². The molecule has 0 spiro atoms. The van der Waals surface area contributed by atoms with E-state index in [1.165, 1.54) is 0 Å². The number of hydrogen-bond donors (Lipinski definition) is 2. The maximum absolute atomic E-state index is 12.2. The first-order chi connectivity index (χ1) is 13.0. The second-order valence-electron chi connectivity index (χ2n) is 7.06. The van der Waals surface area contributed by atoms with Crippen LogP contribution in [0, 0.1) is 37.0 Å². The molecule has 1 amide bonds. The molecule has 6 heteroatoms. The first kappa shape index (κ1) is 17.0. The number of aromatic nitrogens is 2. The van der Waals surface area contributed by atoms with Crippen LogP contribution in [-0.2, 0) is 4.79 Å². The monoisotopic (exact) mass is 357 g/mol. The van der Waals surface area contributed by atoms with Crippen molar-refractivity contribution in [3.05, 3.63) is 47.9 Å². The predicted octanol–water partition coefficient (Wildman–Crippen LogP) is 3.59. The highest BCUT2D eigenvalue weighted by atomic mass is 16.2. The molecule has 0 saturated heterocycles. The Morgan fingerprint density at radius 3 is 2.74 bits per heavy atom. The molecule has 1 aliphatic carbocycles. The Balaban J connectivity index is 1.70. The lowest BCUT2D eigenvalue weighted by molar-refractivity contribution is -0.117. The zero-order chi connectivity index (χ0) is 19.1. The maximum Gasteiger partial charge on any atom is 0.230 e. The summed E-state index contributed by atoms with van der Waals surface area (Å²) in [6.45, 7) is 4.01. The molecule has 2 aromatic heterocycles. The zero-order valence-electron chi connectivity index (χ0n) is 15.2. The molecule has 0 bridgehead atoms. The van der Waals surface area contributed by atoms with Gasteiger partial charge in [0, 0.05) is 34.7 Å². The van der Waals surface area contributed by atoms with Gasteiger partial charge in [0.05, 0.1) is 17.9 Å². The molecule has 1 saturated carbocycles. The quantitative estimate of drug-likeness (QED) is 0.697. The molecule has 3 N–H and O–H groups in total. The van der Waals surface area contributed by atoms with Gasteiger partial charge < -0.3 is 11.1 Å². The van der Waals surface area contributed by atoms with Crippen molar-refractivity contribution in [3.63, 3.8) is 0 Å². The third kappa shape index (κ3) is 3.20. The van der Waals surface area contributed by atoms with Crippen LogP contribution in [-0.4, -0.2) is 15.9 Å².